The molecule has 0 saturated carbocycles. The first-order valence-electron chi connectivity index (χ1n) is 5.77. The van der Waals surface area contributed by atoms with Crippen molar-refractivity contribution in [2.45, 2.75) is 16.7 Å². The Bertz CT molecular complexity index is 863. The standard InChI is InChI=1S/C12H13N3O4S2/c1-9-11(5-2-6-12(9)20(13,16)17)15-21(18,19)10-4-3-7-14-8-10/h2-8,15H,1H3,(H2,13,16,17). The van der Waals surface area contributed by atoms with Crippen LogP contribution in [0, 0.1) is 6.92 Å². The summed E-state index contributed by atoms with van der Waals surface area (Å²) in [6, 6.07) is 7.05. The van der Waals surface area contributed by atoms with Crippen LogP contribution in [0.15, 0.2) is 52.5 Å². The summed E-state index contributed by atoms with van der Waals surface area (Å²) in [4.78, 5) is 3.58. The second-order valence-electron chi connectivity index (χ2n) is 4.27. The van der Waals surface area contributed by atoms with Crippen LogP contribution in [0.25, 0.3) is 0 Å². The summed E-state index contributed by atoms with van der Waals surface area (Å²) in [6.07, 6.45) is 2.65. The Labute approximate surface area is 122 Å². The highest BCUT2D eigenvalue weighted by Crippen LogP contribution is 2.24. The van der Waals surface area contributed by atoms with Gasteiger partial charge in [-0.3, -0.25) is 9.71 Å². The Hall–Kier alpha value is -1.97. The molecule has 1 aromatic carbocycles. The normalized spacial score (nSPS) is 12.1. The SMILES string of the molecule is Cc1c(NS(=O)(=O)c2cccnc2)cccc1S(N)(=O)=O. The Kier molecular flexibility index (Phi) is 3.99. The van der Waals surface area contributed by atoms with Crippen LogP contribution in [-0.2, 0) is 20.0 Å². The maximum atomic E-state index is 12.2. The molecule has 0 radical (unpaired) electrons. The number of nitrogens with zero attached hydrogens (tertiary/aromatic N) is 1. The Morgan fingerprint density at radius 2 is 1.81 bits per heavy atom. The molecule has 9 heteroatoms. The predicted octanol–water partition coefficient (Wildman–Crippen LogP) is 0.838. The number of aromatic nitrogens is 1. The first-order chi connectivity index (χ1) is 9.72. The lowest BCUT2D eigenvalue weighted by molar-refractivity contribution is 0.595. The van der Waals surface area contributed by atoms with E-state index >= 15 is 0 Å². The molecule has 0 fully saturated rings. The maximum absolute atomic E-state index is 12.2. The molecule has 112 valence electrons. The van der Waals surface area contributed by atoms with Crippen LogP contribution in [0.4, 0.5) is 5.69 Å². The Morgan fingerprint density at radius 1 is 1.10 bits per heavy atom. The Morgan fingerprint density at radius 3 is 2.38 bits per heavy atom. The number of hydrogen-bond donors (Lipinski definition) is 2. The van der Waals surface area contributed by atoms with E-state index in [2.05, 4.69) is 9.71 Å². The summed E-state index contributed by atoms with van der Waals surface area (Å²) >= 11 is 0. The third-order valence-corrected chi connectivity index (χ3v) is 5.19. The molecule has 0 unspecified atom stereocenters. The lowest BCUT2D eigenvalue weighted by Crippen LogP contribution is -2.17. The second-order valence-corrected chi connectivity index (χ2v) is 7.48. The van der Waals surface area contributed by atoms with E-state index in [0.717, 1.165) is 0 Å². The van der Waals surface area contributed by atoms with Gasteiger partial charge in [0.15, 0.2) is 0 Å². The zero-order valence-electron chi connectivity index (χ0n) is 11.0. The second kappa shape index (κ2) is 5.43. The summed E-state index contributed by atoms with van der Waals surface area (Å²) in [6.45, 7) is 1.47. The molecule has 1 aromatic heterocycles. The Balaban J connectivity index is 2.46. The summed E-state index contributed by atoms with van der Waals surface area (Å²) in [5.41, 5.74) is 0.373. The third kappa shape index (κ3) is 3.38. The quantitative estimate of drug-likeness (QED) is 0.862. The monoisotopic (exact) mass is 327 g/mol. The number of benzene rings is 1. The van der Waals surface area contributed by atoms with Gasteiger partial charge >= 0.3 is 0 Å². The molecular weight excluding hydrogens is 314 g/mol. The fraction of sp³-hybridized carbons (Fsp3) is 0.0833. The van der Waals surface area contributed by atoms with Gasteiger partial charge in [-0.2, -0.15) is 0 Å². The number of pyridine rings is 1. The number of hydrogen-bond acceptors (Lipinski definition) is 5. The highest BCUT2D eigenvalue weighted by molar-refractivity contribution is 7.92. The first kappa shape index (κ1) is 15.4. The molecule has 1 heterocycles. The van der Waals surface area contributed by atoms with Gasteiger partial charge in [-0.25, -0.2) is 22.0 Å². The van der Waals surface area contributed by atoms with Crippen molar-refractivity contribution in [3.05, 3.63) is 48.3 Å². The van der Waals surface area contributed by atoms with Gasteiger partial charge in [0.2, 0.25) is 10.0 Å². The first-order valence-corrected chi connectivity index (χ1v) is 8.80. The molecule has 7 nitrogen and oxygen atoms in total. The highest BCUT2D eigenvalue weighted by Gasteiger charge is 2.19. The predicted molar refractivity (Wildman–Crippen MR) is 77.6 cm³/mol. The van der Waals surface area contributed by atoms with Gasteiger partial charge < -0.3 is 0 Å². The van der Waals surface area contributed by atoms with Crippen molar-refractivity contribution in [2.24, 2.45) is 5.14 Å². The third-order valence-electron chi connectivity index (χ3n) is 2.78. The minimum atomic E-state index is -3.92. The highest BCUT2D eigenvalue weighted by atomic mass is 32.2. The van der Waals surface area contributed by atoms with Crippen molar-refractivity contribution in [1.82, 2.24) is 4.98 Å². The average molecular weight is 327 g/mol. The van der Waals surface area contributed by atoms with E-state index in [9.17, 15) is 16.8 Å². The molecular formula is C12H13N3O4S2. The van der Waals surface area contributed by atoms with Gasteiger partial charge in [0.25, 0.3) is 10.0 Å². The number of nitrogens with two attached hydrogens (primary N) is 1. The van der Waals surface area contributed by atoms with E-state index in [4.69, 9.17) is 5.14 Å². The van der Waals surface area contributed by atoms with Crippen molar-refractivity contribution in [3.8, 4) is 0 Å². The van der Waals surface area contributed by atoms with Crippen molar-refractivity contribution in [1.29, 1.82) is 0 Å². The molecule has 0 amide bonds. The topological polar surface area (TPSA) is 119 Å². The van der Waals surface area contributed by atoms with Crippen LogP contribution < -0.4 is 9.86 Å². The summed E-state index contributed by atoms with van der Waals surface area (Å²) < 4.78 is 49.6. The van der Waals surface area contributed by atoms with Crippen LogP contribution in [0.1, 0.15) is 5.56 Å². The minimum Gasteiger partial charge on any atom is -0.279 e. The zero-order chi connectivity index (χ0) is 15.7. The fourth-order valence-corrected chi connectivity index (χ4v) is 3.63. The molecule has 3 N–H and O–H groups in total. The molecule has 0 aliphatic carbocycles. The largest absolute Gasteiger partial charge is 0.279 e. The minimum absolute atomic E-state index is 0.0228. The fourth-order valence-electron chi connectivity index (χ4n) is 1.74. The molecule has 2 aromatic rings. The van der Waals surface area contributed by atoms with Gasteiger partial charge in [-0.15, -0.1) is 0 Å². The van der Waals surface area contributed by atoms with Crippen molar-refractivity contribution in [2.75, 3.05) is 4.72 Å². The lowest BCUT2D eigenvalue weighted by Gasteiger charge is -2.12. The molecule has 2 rings (SSSR count). The van der Waals surface area contributed by atoms with E-state index in [1.54, 1.807) is 0 Å². The number of primary sulfonamides is 1. The van der Waals surface area contributed by atoms with E-state index in [-0.39, 0.29) is 21.0 Å². The van der Waals surface area contributed by atoms with Gasteiger partial charge in [0.1, 0.15) is 4.90 Å². The van der Waals surface area contributed by atoms with Gasteiger partial charge in [0.05, 0.1) is 10.6 Å². The van der Waals surface area contributed by atoms with Gasteiger partial charge in [0, 0.05) is 12.4 Å². The lowest BCUT2D eigenvalue weighted by atomic mass is 10.2. The van der Waals surface area contributed by atoms with Gasteiger partial charge in [-0.1, -0.05) is 6.07 Å². The number of nitrogens with one attached hydrogen (secondary N) is 1. The number of anilines is 1. The van der Waals surface area contributed by atoms with E-state index in [0.29, 0.717) is 0 Å². The number of sulfonamides is 2. The van der Waals surface area contributed by atoms with Crippen molar-refractivity contribution < 1.29 is 16.8 Å². The molecule has 0 bridgehead atoms. The van der Waals surface area contributed by atoms with Crippen LogP contribution >= 0.6 is 0 Å². The zero-order valence-corrected chi connectivity index (χ0v) is 12.6. The van der Waals surface area contributed by atoms with Crippen LogP contribution in [0.3, 0.4) is 0 Å². The summed E-state index contributed by atoms with van der Waals surface area (Å²) in [5, 5.41) is 5.09. The molecule has 0 aliphatic heterocycles. The van der Waals surface area contributed by atoms with Gasteiger partial charge in [-0.05, 0) is 36.8 Å². The van der Waals surface area contributed by atoms with E-state index < -0.39 is 20.0 Å². The molecule has 0 aliphatic rings. The summed E-state index contributed by atoms with van der Waals surface area (Å²) in [5.74, 6) is 0. The molecule has 0 spiro atoms. The number of rotatable bonds is 4. The average Bonchev–Trinajstić information content (AvgIpc) is 2.41. The maximum Gasteiger partial charge on any atom is 0.263 e. The molecule has 21 heavy (non-hydrogen) atoms. The summed E-state index contributed by atoms with van der Waals surface area (Å²) in [7, 11) is -7.77. The van der Waals surface area contributed by atoms with E-state index in [1.807, 2.05) is 0 Å². The van der Waals surface area contributed by atoms with Crippen LogP contribution in [0.5, 0.6) is 0 Å². The van der Waals surface area contributed by atoms with Crippen molar-refractivity contribution in [3.63, 3.8) is 0 Å². The van der Waals surface area contributed by atoms with Crippen LogP contribution in [-0.4, -0.2) is 21.8 Å². The van der Waals surface area contributed by atoms with Crippen LogP contribution in [0.2, 0.25) is 0 Å². The molecule has 0 atom stereocenters. The smallest absolute Gasteiger partial charge is 0.263 e. The van der Waals surface area contributed by atoms with E-state index in [1.165, 1.54) is 49.6 Å². The van der Waals surface area contributed by atoms with Crippen molar-refractivity contribution >= 4 is 25.7 Å². The molecule has 0 saturated heterocycles.